The summed E-state index contributed by atoms with van der Waals surface area (Å²) in [5.41, 5.74) is 6.52. The number of hydrogen-bond donors (Lipinski definition) is 2. The Morgan fingerprint density at radius 1 is 0.821 bits per heavy atom. The molecule has 0 saturated heterocycles. The van der Waals surface area contributed by atoms with E-state index < -0.39 is 5.91 Å². The molecule has 28 heavy (non-hydrogen) atoms. The molecule has 4 aromatic rings. The minimum absolute atomic E-state index is 0.0846. The Morgan fingerprint density at radius 3 is 2.18 bits per heavy atom. The van der Waals surface area contributed by atoms with Crippen LogP contribution in [-0.2, 0) is 0 Å². The molecule has 0 aliphatic rings. The summed E-state index contributed by atoms with van der Waals surface area (Å²) >= 11 is 0. The van der Waals surface area contributed by atoms with E-state index in [1.807, 2.05) is 30.3 Å². The number of amides is 2. The Labute approximate surface area is 160 Å². The number of carbonyl (C=O) groups is 2. The summed E-state index contributed by atoms with van der Waals surface area (Å²) in [4.78, 5) is 24.3. The van der Waals surface area contributed by atoms with Crippen molar-refractivity contribution in [3.05, 3.63) is 90.2 Å². The number of nitrogens with one attached hydrogen (secondary N) is 1. The summed E-state index contributed by atoms with van der Waals surface area (Å²) in [5, 5.41) is 3.33. The van der Waals surface area contributed by atoms with Gasteiger partial charge in [-0.25, -0.2) is 0 Å². The lowest BCUT2D eigenvalue weighted by Crippen LogP contribution is -2.17. The predicted octanol–water partition coefficient (Wildman–Crippen LogP) is 4.58. The van der Waals surface area contributed by atoms with Gasteiger partial charge in [-0.2, -0.15) is 0 Å². The van der Waals surface area contributed by atoms with Crippen LogP contribution in [0.1, 0.15) is 20.9 Å². The number of fused-ring (bicyclic) bond motifs is 1. The highest BCUT2D eigenvalue weighted by Gasteiger charge is 2.20. The summed E-state index contributed by atoms with van der Waals surface area (Å²) in [6, 6.07) is 23.0. The van der Waals surface area contributed by atoms with Crippen molar-refractivity contribution in [2.75, 3.05) is 5.32 Å². The maximum absolute atomic E-state index is 12.7. The van der Waals surface area contributed by atoms with Crippen molar-refractivity contribution in [2.24, 2.45) is 5.73 Å². The number of hydrogen-bond acceptors (Lipinski definition) is 4. The summed E-state index contributed by atoms with van der Waals surface area (Å²) in [7, 11) is 0. The van der Waals surface area contributed by atoms with Crippen LogP contribution in [0.4, 0.5) is 5.69 Å². The van der Waals surface area contributed by atoms with Crippen molar-refractivity contribution in [2.45, 2.75) is 0 Å². The van der Waals surface area contributed by atoms with Crippen LogP contribution in [-0.4, -0.2) is 11.8 Å². The maximum atomic E-state index is 12.7. The molecule has 0 spiro atoms. The SMILES string of the molecule is NC(=O)c1oc2ccccc2c1NC(=O)c1ccc(Oc2ccccc2)cc1. The van der Waals surface area contributed by atoms with E-state index in [1.165, 1.54) is 0 Å². The highest BCUT2D eigenvalue weighted by atomic mass is 16.5. The first-order chi connectivity index (χ1) is 13.6. The first-order valence-corrected chi connectivity index (χ1v) is 8.57. The smallest absolute Gasteiger partial charge is 0.286 e. The molecule has 4 rings (SSSR count). The van der Waals surface area contributed by atoms with Gasteiger partial charge in [0, 0.05) is 10.9 Å². The van der Waals surface area contributed by atoms with E-state index in [9.17, 15) is 9.59 Å². The lowest BCUT2D eigenvalue weighted by Gasteiger charge is -2.08. The minimum Gasteiger partial charge on any atom is -0.457 e. The third-order valence-corrected chi connectivity index (χ3v) is 4.15. The first-order valence-electron chi connectivity index (χ1n) is 8.57. The highest BCUT2D eigenvalue weighted by molar-refractivity contribution is 6.14. The quantitative estimate of drug-likeness (QED) is 0.536. The van der Waals surface area contributed by atoms with Gasteiger partial charge in [-0.15, -0.1) is 0 Å². The molecule has 0 unspecified atom stereocenters. The average molecular weight is 372 g/mol. The molecule has 1 aromatic heterocycles. The van der Waals surface area contributed by atoms with Gasteiger partial charge in [0.05, 0.1) is 0 Å². The standard InChI is InChI=1S/C22H16N2O4/c23-21(25)20-19(17-8-4-5-9-18(17)28-20)24-22(26)14-10-12-16(13-11-14)27-15-6-2-1-3-7-15/h1-13H,(H2,23,25)(H,24,26). The van der Waals surface area contributed by atoms with Gasteiger partial charge in [0.25, 0.3) is 11.8 Å². The molecule has 3 N–H and O–H groups in total. The number of para-hydroxylation sites is 2. The summed E-state index contributed by atoms with van der Waals surface area (Å²) in [6.45, 7) is 0. The predicted molar refractivity (Wildman–Crippen MR) is 106 cm³/mol. The lowest BCUT2D eigenvalue weighted by molar-refractivity contribution is 0.0977. The number of primary amides is 1. The summed E-state index contributed by atoms with van der Waals surface area (Å²) in [5.74, 6) is 0.0852. The van der Waals surface area contributed by atoms with Crippen LogP contribution in [0.15, 0.2) is 83.3 Å². The molecule has 2 amide bonds. The Kier molecular flexibility index (Phi) is 4.51. The van der Waals surface area contributed by atoms with E-state index in [2.05, 4.69) is 5.32 Å². The van der Waals surface area contributed by atoms with E-state index in [0.717, 1.165) is 0 Å². The third-order valence-electron chi connectivity index (χ3n) is 4.15. The van der Waals surface area contributed by atoms with Crippen LogP contribution < -0.4 is 15.8 Å². The fourth-order valence-corrected chi connectivity index (χ4v) is 2.83. The Hall–Kier alpha value is -4.06. The second kappa shape index (κ2) is 7.28. The Bertz CT molecular complexity index is 1150. The molecule has 0 fully saturated rings. The number of carbonyl (C=O) groups excluding carboxylic acids is 2. The van der Waals surface area contributed by atoms with E-state index in [1.54, 1.807) is 48.5 Å². The van der Waals surface area contributed by atoms with Gasteiger partial charge in [-0.3, -0.25) is 9.59 Å². The number of furan rings is 1. The Balaban J connectivity index is 1.57. The van der Waals surface area contributed by atoms with E-state index in [4.69, 9.17) is 14.9 Å². The molecule has 0 aliphatic heterocycles. The number of nitrogens with two attached hydrogens (primary N) is 1. The zero-order chi connectivity index (χ0) is 19.5. The van der Waals surface area contributed by atoms with Gasteiger partial charge in [0.2, 0.25) is 5.76 Å². The van der Waals surface area contributed by atoms with Crippen molar-refractivity contribution in [1.82, 2.24) is 0 Å². The zero-order valence-corrected chi connectivity index (χ0v) is 14.7. The largest absolute Gasteiger partial charge is 0.457 e. The van der Waals surface area contributed by atoms with Crippen LogP contribution >= 0.6 is 0 Å². The molecule has 138 valence electrons. The molecule has 3 aromatic carbocycles. The molecule has 0 bridgehead atoms. The van der Waals surface area contributed by atoms with Crippen LogP contribution in [0.2, 0.25) is 0 Å². The number of benzene rings is 3. The van der Waals surface area contributed by atoms with Crippen LogP contribution in [0.25, 0.3) is 11.0 Å². The van der Waals surface area contributed by atoms with Crippen molar-refractivity contribution >= 4 is 28.5 Å². The van der Waals surface area contributed by atoms with Crippen molar-refractivity contribution in [3.63, 3.8) is 0 Å². The molecule has 6 nitrogen and oxygen atoms in total. The van der Waals surface area contributed by atoms with Gasteiger partial charge in [0.15, 0.2) is 0 Å². The first kappa shape index (κ1) is 17.4. The van der Waals surface area contributed by atoms with E-state index >= 15 is 0 Å². The molecule has 0 atom stereocenters. The van der Waals surface area contributed by atoms with Gasteiger partial charge < -0.3 is 20.2 Å². The number of anilines is 1. The molecular weight excluding hydrogens is 356 g/mol. The van der Waals surface area contributed by atoms with Crippen molar-refractivity contribution in [1.29, 1.82) is 0 Å². The molecule has 0 aliphatic carbocycles. The van der Waals surface area contributed by atoms with Gasteiger partial charge >= 0.3 is 0 Å². The van der Waals surface area contributed by atoms with Gasteiger partial charge in [-0.05, 0) is 48.5 Å². The maximum Gasteiger partial charge on any atom is 0.286 e. The molecular formula is C22H16N2O4. The summed E-state index contributed by atoms with van der Waals surface area (Å²) in [6.07, 6.45) is 0. The monoisotopic (exact) mass is 372 g/mol. The fourth-order valence-electron chi connectivity index (χ4n) is 2.83. The summed E-state index contributed by atoms with van der Waals surface area (Å²) < 4.78 is 11.2. The third kappa shape index (κ3) is 3.43. The number of ether oxygens (including phenoxy) is 1. The van der Waals surface area contributed by atoms with Crippen molar-refractivity contribution < 1.29 is 18.7 Å². The van der Waals surface area contributed by atoms with Gasteiger partial charge in [0.1, 0.15) is 22.8 Å². The molecule has 0 saturated carbocycles. The topological polar surface area (TPSA) is 94.6 Å². The van der Waals surface area contributed by atoms with Crippen molar-refractivity contribution in [3.8, 4) is 11.5 Å². The molecule has 6 heteroatoms. The van der Waals surface area contributed by atoms with E-state index in [0.29, 0.717) is 28.0 Å². The van der Waals surface area contributed by atoms with Crippen LogP contribution in [0.5, 0.6) is 11.5 Å². The second-order valence-electron chi connectivity index (χ2n) is 6.06. The minimum atomic E-state index is -0.752. The number of rotatable bonds is 5. The second-order valence-corrected chi connectivity index (χ2v) is 6.06. The normalized spacial score (nSPS) is 10.6. The zero-order valence-electron chi connectivity index (χ0n) is 14.7. The highest BCUT2D eigenvalue weighted by Crippen LogP contribution is 2.31. The lowest BCUT2D eigenvalue weighted by atomic mass is 10.1. The average Bonchev–Trinajstić information content (AvgIpc) is 3.08. The molecule has 0 radical (unpaired) electrons. The fraction of sp³-hybridized carbons (Fsp3) is 0. The Morgan fingerprint density at radius 2 is 1.46 bits per heavy atom. The van der Waals surface area contributed by atoms with Gasteiger partial charge in [-0.1, -0.05) is 30.3 Å². The molecule has 1 heterocycles. The van der Waals surface area contributed by atoms with Crippen LogP contribution in [0, 0.1) is 0 Å². The van der Waals surface area contributed by atoms with Crippen LogP contribution in [0.3, 0.4) is 0 Å². The van der Waals surface area contributed by atoms with E-state index in [-0.39, 0.29) is 17.4 Å².